The van der Waals surface area contributed by atoms with Crippen molar-refractivity contribution in [1.29, 1.82) is 0 Å². The van der Waals surface area contributed by atoms with Crippen LogP contribution < -0.4 is 10.6 Å². The van der Waals surface area contributed by atoms with Crippen LogP contribution >= 0.6 is 11.6 Å². The van der Waals surface area contributed by atoms with Gasteiger partial charge in [-0.3, -0.25) is 9.59 Å². The van der Waals surface area contributed by atoms with Crippen LogP contribution in [0.4, 0.5) is 0 Å². The molecule has 0 aromatic heterocycles. The summed E-state index contributed by atoms with van der Waals surface area (Å²) >= 11 is 5.99. The number of nitrogens with one attached hydrogen (secondary N) is 2. The first-order valence-electron chi connectivity index (χ1n) is 9.68. The van der Waals surface area contributed by atoms with E-state index < -0.39 is 0 Å². The predicted molar refractivity (Wildman–Crippen MR) is 113 cm³/mol. The van der Waals surface area contributed by atoms with Gasteiger partial charge in [0, 0.05) is 16.6 Å². The molecule has 4 nitrogen and oxygen atoms in total. The monoisotopic (exact) mass is 396 g/mol. The molecule has 0 radical (unpaired) electrons. The normalized spacial score (nSPS) is 15.5. The highest BCUT2D eigenvalue weighted by atomic mass is 35.5. The molecule has 1 aliphatic rings. The zero-order valence-corrected chi connectivity index (χ0v) is 16.8. The van der Waals surface area contributed by atoms with Gasteiger partial charge in [-0.2, -0.15) is 0 Å². The lowest BCUT2D eigenvalue weighted by molar-refractivity contribution is -0.118. The van der Waals surface area contributed by atoms with E-state index in [2.05, 4.69) is 10.6 Å². The van der Waals surface area contributed by atoms with Crippen molar-refractivity contribution < 1.29 is 9.59 Å². The average molecular weight is 397 g/mol. The van der Waals surface area contributed by atoms with Crippen molar-refractivity contribution in [3.63, 3.8) is 0 Å². The molecule has 1 fully saturated rings. The Hall–Kier alpha value is -2.59. The van der Waals surface area contributed by atoms with Crippen LogP contribution in [0, 0.1) is 0 Å². The van der Waals surface area contributed by atoms with Crippen molar-refractivity contribution in [2.45, 2.75) is 45.1 Å². The van der Waals surface area contributed by atoms with Gasteiger partial charge in [-0.1, -0.05) is 61.2 Å². The topological polar surface area (TPSA) is 58.2 Å². The molecule has 3 rings (SSSR count). The number of amides is 2. The average Bonchev–Trinajstić information content (AvgIpc) is 2.73. The van der Waals surface area contributed by atoms with Crippen molar-refractivity contribution in [3.8, 4) is 0 Å². The maximum absolute atomic E-state index is 13.1. The molecule has 2 aromatic carbocycles. The summed E-state index contributed by atoms with van der Waals surface area (Å²) in [5.74, 6) is -0.550. The Bertz CT molecular complexity index is 854. The Kier molecular flexibility index (Phi) is 6.88. The fourth-order valence-corrected chi connectivity index (χ4v) is 3.57. The van der Waals surface area contributed by atoms with Crippen LogP contribution in [0.15, 0.2) is 60.3 Å². The lowest BCUT2D eigenvalue weighted by Gasteiger charge is -2.24. The van der Waals surface area contributed by atoms with Crippen LogP contribution in [0.3, 0.4) is 0 Å². The summed E-state index contributed by atoms with van der Waals surface area (Å²) in [4.78, 5) is 25.7. The van der Waals surface area contributed by atoms with Gasteiger partial charge < -0.3 is 10.6 Å². The maximum Gasteiger partial charge on any atom is 0.268 e. The second-order valence-corrected chi connectivity index (χ2v) is 7.57. The quantitative estimate of drug-likeness (QED) is 0.702. The number of hydrogen-bond donors (Lipinski definition) is 2. The lowest BCUT2D eigenvalue weighted by atomic mass is 9.95. The first-order valence-corrected chi connectivity index (χ1v) is 10.1. The highest BCUT2D eigenvalue weighted by Crippen LogP contribution is 2.22. The third-order valence-electron chi connectivity index (χ3n) is 5.09. The van der Waals surface area contributed by atoms with Crippen molar-refractivity contribution >= 4 is 29.0 Å². The number of halogens is 1. The van der Waals surface area contributed by atoms with Crippen LogP contribution in [0.2, 0.25) is 5.02 Å². The van der Waals surface area contributed by atoms with Gasteiger partial charge in [-0.15, -0.1) is 0 Å². The van der Waals surface area contributed by atoms with E-state index in [0.717, 1.165) is 31.2 Å². The third kappa shape index (κ3) is 5.23. The van der Waals surface area contributed by atoms with Gasteiger partial charge in [0.25, 0.3) is 11.8 Å². The summed E-state index contributed by atoms with van der Waals surface area (Å²) in [6, 6.07) is 16.3. The largest absolute Gasteiger partial charge is 0.348 e. The van der Waals surface area contributed by atoms with Crippen molar-refractivity contribution in [1.82, 2.24) is 10.6 Å². The molecule has 1 aliphatic carbocycles. The van der Waals surface area contributed by atoms with Gasteiger partial charge in [0.05, 0.1) is 0 Å². The van der Waals surface area contributed by atoms with E-state index in [0.29, 0.717) is 16.2 Å². The number of carbonyl (C=O) groups excluding carboxylic acids is 2. The zero-order chi connectivity index (χ0) is 19.9. The molecule has 0 saturated heterocycles. The highest BCUT2D eigenvalue weighted by molar-refractivity contribution is 6.30. The van der Waals surface area contributed by atoms with Crippen LogP contribution in [0.25, 0.3) is 5.57 Å². The minimum Gasteiger partial charge on any atom is -0.348 e. The Labute approximate surface area is 171 Å². The van der Waals surface area contributed by atoms with Gasteiger partial charge in [0.15, 0.2) is 0 Å². The molecule has 1 saturated carbocycles. The first kappa shape index (κ1) is 20.2. The fraction of sp³-hybridized carbons (Fsp3) is 0.304. The zero-order valence-electron chi connectivity index (χ0n) is 16.0. The molecule has 5 heteroatoms. The summed E-state index contributed by atoms with van der Waals surface area (Å²) in [7, 11) is 0. The number of benzene rings is 2. The molecule has 0 unspecified atom stereocenters. The van der Waals surface area contributed by atoms with Gasteiger partial charge in [0.1, 0.15) is 5.70 Å². The molecule has 0 aliphatic heterocycles. The second-order valence-electron chi connectivity index (χ2n) is 7.14. The van der Waals surface area contributed by atoms with E-state index in [9.17, 15) is 9.59 Å². The van der Waals surface area contributed by atoms with E-state index in [4.69, 9.17) is 11.6 Å². The van der Waals surface area contributed by atoms with Crippen LogP contribution in [-0.4, -0.2) is 17.9 Å². The molecular formula is C23H25ClN2O2. The highest BCUT2D eigenvalue weighted by Gasteiger charge is 2.22. The Morgan fingerprint density at radius 2 is 1.54 bits per heavy atom. The summed E-state index contributed by atoms with van der Waals surface area (Å²) < 4.78 is 0. The number of carbonyl (C=O) groups is 2. The number of allylic oxidation sites excluding steroid dienone is 1. The van der Waals surface area contributed by atoms with Gasteiger partial charge in [-0.05, 0) is 55.2 Å². The molecule has 0 heterocycles. The number of hydrogen-bond acceptors (Lipinski definition) is 2. The fourth-order valence-electron chi connectivity index (χ4n) is 3.44. The molecular weight excluding hydrogens is 372 g/mol. The van der Waals surface area contributed by atoms with E-state index in [-0.39, 0.29) is 23.6 Å². The molecule has 0 atom stereocenters. The van der Waals surface area contributed by atoms with Crippen LogP contribution in [-0.2, 0) is 4.79 Å². The van der Waals surface area contributed by atoms with Gasteiger partial charge in [0.2, 0.25) is 0 Å². The minimum absolute atomic E-state index is 0.155. The van der Waals surface area contributed by atoms with Crippen LogP contribution in [0.1, 0.15) is 54.9 Å². The standard InChI is InChI=1S/C23H25ClN2O2/c1-16(17-12-14-19(24)15-13-17)21(23(28)25-20-10-6-3-7-11-20)26-22(27)18-8-4-2-5-9-18/h2,4-5,8-9,12-15,20H,3,6-7,10-11H2,1H3,(H,25,28)(H,26,27). The molecule has 28 heavy (non-hydrogen) atoms. The van der Waals surface area contributed by atoms with Crippen molar-refractivity contribution in [2.24, 2.45) is 0 Å². The lowest BCUT2D eigenvalue weighted by Crippen LogP contribution is -2.41. The molecule has 2 aromatic rings. The summed E-state index contributed by atoms with van der Waals surface area (Å²) in [6.45, 7) is 1.84. The SMILES string of the molecule is CC(=C(NC(=O)c1ccccc1)C(=O)NC1CCCCC1)c1ccc(Cl)cc1. The minimum atomic E-state index is -0.303. The van der Waals surface area contributed by atoms with Gasteiger partial charge >= 0.3 is 0 Å². The third-order valence-corrected chi connectivity index (χ3v) is 5.35. The Balaban J connectivity index is 1.88. The summed E-state index contributed by atoms with van der Waals surface area (Å²) in [6.07, 6.45) is 5.41. The van der Waals surface area contributed by atoms with E-state index in [1.807, 2.05) is 25.1 Å². The first-order chi connectivity index (χ1) is 13.5. The molecule has 2 N–H and O–H groups in total. The molecule has 0 spiro atoms. The molecule has 146 valence electrons. The number of rotatable bonds is 5. The predicted octanol–water partition coefficient (Wildman–Crippen LogP) is 4.95. The maximum atomic E-state index is 13.1. The summed E-state index contributed by atoms with van der Waals surface area (Å²) in [5.41, 5.74) is 2.33. The van der Waals surface area contributed by atoms with Crippen LogP contribution in [0.5, 0.6) is 0 Å². The van der Waals surface area contributed by atoms with Crippen molar-refractivity contribution in [2.75, 3.05) is 0 Å². The van der Waals surface area contributed by atoms with E-state index in [1.165, 1.54) is 6.42 Å². The second kappa shape index (κ2) is 9.56. The molecule has 0 bridgehead atoms. The van der Waals surface area contributed by atoms with Crippen molar-refractivity contribution in [3.05, 3.63) is 76.4 Å². The van der Waals surface area contributed by atoms with Gasteiger partial charge in [-0.25, -0.2) is 0 Å². The Morgan fingerprint density at radius 1 is 0.893 bits per heavy atom. The molecule has 2 amide bonds. The Morgan fingerprint density at radius 3 is 2.18 bits per heavy atom. The van der Waals surface area contributed by atoms with E-state index >= 15 is 0 Å². The summed E-state index contributed by atoms with van der Waals surface area (Å²) in [5, 5.41) is 6.55. The van der Waals surface area contributed by atoms with E-state index in [1.54, 1.807) is 36.4 Å². The smallest absolute Gasteiger partial charge is 0.268 e.